The fourth-order valence-corrected chi connectivity index (χ4v) is 2.96. The lowest BCUT2D eigenvalue weighted by atomic mass is 9.92. The van der Waals surface area contributed by atoms with Gasteiger partial charge in [0.15, 0.2) is 0 Å². The second kappa shape index (κ2) is 7.93. The molecule has 0 radical (unpaired) electrons. The zero-order chi connectivity index (χ0) is 17.7. The normalized spacial score (nSPS) is 17.2. The Kier molecular flexibility index (Phi) is 5.66. The summed E-state index contributed by atoms with van der Waals surface area (Å²) in [4.78, 5) is 11.6. The molecule has 5 heteroatoms. The summed E-state index contributed by atoms with van der Waals surface area (Å²) in [6.07, 6.45) is 1.84. The first kappa shape index (κ1) is 17.8. The van der Waals surface area contributed by atoms with Crippen LogP contribution < -0.4 is 5.32 Å². The Morgan fingerprint density at radius 3 is 2.52 bits per heavy atom. The van der Waals surface area contributed by atoms with Crippen LogP contribution in [0.3, 0.4) is 0 Å². The van der Waals surface area contributed by atoms with Crippen molar-refractivity contribution in [2.75, 3.05) is 38.2 Å². The zero-order valence-corrected chi connectivity index (χ0v) is 15.4. The monoisotopic (exact) mass is 340 g/mol. The molecule has 0 spiro atoms. The Morgan fingerprint density at radius 2 is 1.84 bits per heavy atom. The van der Waals surface area contributed by atoms with Crippen LogP contribution in [0.5, 0.6) is 0 Å². The number of nitrogens with one attached hydrogen (secondary N) is 1. The molecule has 0 saturated carbocycles. The van der Waals surface area contributed by atoms with E-state index in [1.807, 2.05) is 18.3 Å². The number of morpholine rings is 1. The molecule has 1 atom stereocenters. The van der Waals surface area contributed by atoms with Gasteiger partial charge in [0.1, 0.15) is 0 Å². The second-order valence-electron chi connectivity index (χ2n) is 7.54. The van der Waals surface area contributed by atoms with Crippen LogP contribution in [0, 0.1) is 0 Å². The maximum atomic E-state index is 5.47. The molecule has 0 aliphatic carbocycles. The van der Waals surface area contributed by atoms with Gasteiger partial charge in [0.05, 0.1) is 24.9 Å². The van der Waals surface area contributed by atoms with E-state index in [9.17, 15) is 0 Å². The molecule has 1 fully saturated rings. The average Bonchev–Trinajstić information content (AvgIpc) is 2.62. The molecule has 1 aromatic carbocycles. The number of anilines is 1. The molecule has 1 aliphatic rings. The first-order valence-electron chi connectivity index (χ1n) is 8.97. The van der Waals surface area contributed by atoms with Crippen molar-refractivity contribution in [1.82, 2.24) is 14.9 Å². The van der Waals surface area contributed by atoms with Crippen molar-refractivity contribution in [3.05, 3.63) is 53.9 Å². The highest BCUT2D eigenvalue weighted by Crippen LogP contribution is 2.23. The Bertz CT molecular complexity index is 663. The predicted octanol–water partition coefficient (Wildman–Crippen LogP) is 3.26. The highest BCUT2D eigenvalue weighted by atomic mass is 16.5. The lowest BCUT2D eigenvalue weighted by Crippen LogP contribution is -2.40. The average molecular weight is 340 g/mol. The van der Waals surface area contributed by atoms with E-state index < -0.39 is 0 Å². The van der Waals surface area contributed by atoms with Crippen molar-refractivity contribution >= 4 is 5.95 Å². The van der Waals surface area contributed by atoms with Gasteiger partial charge in [0, 0.05) is 31.2 Å². The van der Waals surface area contributed by atoms with Crippen LogP contribution in [0.2, 0.25) is 0 Å². The zero-order valence-electron chi connectivity index (χ0n) is 15.4. The van der Waals surface area contributed by atoms with E-state index in [1.54, 1.807) is 0 Å². The summed E-state index contributed by atoms with van der Waals surface area (Å²) < 4.78 is 5.47. The topological polar surface area (TPSA) is 50.3 Å². The van der Waals surface area contributed by atoms with E-state index in [0.717, 1.165) is 38.5 Å². The minimum absolute atomic E-state index is 0.00578. The lowest BCUT2D eigenvalue weighted by Gasteiger charge is -2.31. The number of rotatable bonds is 5. The summed E-state index contributed by atoms with van der Waals surface area (Å²) >= 11 is 0. The van der Waals surface area contributed by atoms with Crippen molar-refractivity contribution in [1.29, 1.82) is 0 Å². The highest BCUT2D eigenvalue weighted by molar-refractivity contribution is 5.34. The van der Waals surface area contributed by atoms with Crippen molar-refractivity contribution < 1.29 is 4.74 Å². The van der Waals surface area contributed by atoms with Crippen LogP contribution in [-0.4, -0.2) is 47.7 Å². The number of hydrogen-bond donors (Lipinski definition) is 1. The van der Waals surface area contributed by atoms with E-state index in [4.69, 9.17) is 9.72 Å². The van der Waals surface area contributed by atoms with Crippen LogP contribution >= 0.6 is 0 Å². The van der Waals surface area contributed by atoms with Gasteiger partial charge in [-0.3, -0.25) is 4.90 Å². The predicted molar refractivity (Wildman–Crippen MR) is 101 cm³/mol. The van der Waals surface area contributed by atoms with Crippen molar-refractivity contribution in [3.8, 4) is 0 Å². The van der Waals surface area contributed by atoms with Gasteiger partial charge in [-0.25, -0.2) is 9.97 Å². The molecular weight excluding hydrogens is 312 g/mol. The standard InChI is InChI=1S/C20H28N4O/c1-20(2,3)18-9-10-21-19(23-18)22-17(16-7-5-4-6-8-16)15-24-11-13-25-14-12-24/h4-10,17H,11-15H2,1-3H3,(H,21,22,23). The van der Waals surface area contributed by atoms with E-state index in [2.05, 4.69) is 60.2 Å². The molecule has 5 nitrogen and oxygen atoms in total. The summed E-state index contributed by atoms with van der Waals surface area (Å²) in [5.74, 6) is 0.689. The summed E-state index contributed by atoms with van der Waals surface area (Å²) in [6.45, 7) is 11.0. The maximum Gasteiger partial charge on any atom is 0.223 e. The molecule has 1 N–H and O–H groups in total. The van der Waals surface area contributed by atoms with Crippen LogP contribution in [0.4, 0.5) is 5.95 Å². The van der Waals surface area contributed by atoms with Crippen LogP contribution in [-0.2, 0) is 10.2 Å². The van der Waals surface area contributed by atoms with Crippen molar-refractivity contribution in [2.24, 2.45) is 0 Å². The molecule has 134 valence electrons. The molecule has 2 heterocycles. The van der Waals surface area contributed by atoms with Gasteiger partial charge < -0.3 is 10.1 Å². The Hall–Kier alpha value is -1.98. The minimum Gasteiger partial charge on any atom is -0.379 e. The van der Waals surface area contributed by atoms with Gasteiger partial charge in [0.25, 0.3) is 0 Å². The fraction of sp³-hybridized carbons (Fsp3) is 0.500. The van der Waals surface area contributed by atoms with Crippen molar-refractivity contribution in [2.45, 2.75) is 32.2 Å². The minimum atomic E-state index is 0.00578. The first-order chi connectivity index (χ1) is 12.0. The van der Waals surface area contributed by atoms with Gasteiger partial charge in [0.2, 0.25) is 5.95 Å². The first-order valence-corrected chi connectivity index (χ1v) is 8.97. The molecule has 3 rings (SSSR count). The Balaban J connectivity index is 1.80. The maximum absolute atomic E-state index is 5.47. The van der Waals surface area contributed by atoms with E-state index in [0.29, 0.717) is 5.95 Å². The Morgan fingerprint density at radius 1 is 1.12 bits per heavy atom. The molecule has 1 aromatic heterocycles. The van der Waals surface area contributed by atoms with E-state index >= 15 is 0 Å². The number of nitrogens with zero attached hydrogens (tertiary/aromatic N) is 3. The van der Waals surface area contributed by atoms with Gasteiger partial charge in [-0.15, -0.1) is 0 Å². The third-order valence-electron chi connectivity index (χ3n) is 4.47. The van der Waals surface area contributed by atoms with Crippen LogP contribution in [0.15, 0.2) is 42.6 Å². The van der Waals surface area contributed by atoms with Gasteiger partial charge in [-0.05, 0) is 11.6 Å². The molecule has 25 heavy (non-hydrogen) atoms. The third-order valence-corrected chi connectivity index (χ3v) is 4.47. The van der Waals surface area contributed by atoms with Crippen LogP contribution in [0.1, 0.15) is 38.1 Å². The number of aromatic nitrogens is 2. The smallest absolute Gasteiger partial charge is 0.223 e. The molecule has 1 saturated heterocycles. The molecule has 2 aromatic rings. The lowest BCUT2D eigenvalue weighted by molar-refractivity contribution is 0.0360. The quantitative estimate of drug-likeness (QED) is 0.905. The Labute approximate surface area is 150 Å². The highest BCUT2D eigenvalue weighted by Gasteiger charge is 2.20. The summed E-state index contributed by atoms with van der Waals surface area (Å²) in [5, 5.41) is 3.55. The largest absolute Gasteiger partial charge is 0.379 e. The van der Waals surface area contributed by atoms with Gasteiger partial charge in [-0.1, -0.05) is 51.1 Å². The van der Waals surface area contributed by atoms with Gasteiger partial charge in [-0.2, -0.15) is 0 Å². The van der Waals surface area contributed by atoms with Crippen LogP contribution in [0.25, 0.3) is 0 Å². The third kappa shape index (κ3) is 5.00. The number of hydrogen-bond acceptors (Lipinski definition) is 5. The van der Waals surface area contributed by atoms with Gasteiger partial charge >= 0.3 is 0 Å². The SMILES string of the molecule is CC(C)(C)c1ccnc(NC(CN2CCOCC2)c2ccccc2)n1. The molecule has 1 unspecified atom stereocenters. The molecule has 1 aliphatic heterocycles. The second-order valence-corrected chi connectivity index (χ2v) is 7.54. The summed E-state index contributed by atoms with van der Waals surface area (Å²) in [5.41, 5.74) is 2.30. The van der Waals surface area contributed by atoms with Crippen molar-refractivity contribution in [3.63, 3.8) is 0 Å². The molecule has 0 bridgehead atoms. The molecular formula is C20H28N4O. The summed E-state index contributed by atoms with van der Waals surface area (Å²) in [7, 11) is 0. The molecule has 0 amide bonds. The van der Waals surface area contributed by atoms with E-state index in [1.165, 1.54) is 5.56 Å². The fourth-order valence-electron chi connectivity index (χ4n) is 2.96. The number of ether oxygens (including phenoxy) is 1. The number of benzene rings is 1. The van der Waals surface area contributed by atoms with E-state index in [-0.39, 0.29) is 11.5 Å². The summed E-state index contributed by atoms with van der Waals surface area (Å²) in [6, 6.07) is 12.7.